The highest BCUT2D eigenvalue weighted by Gasteiger charge is 2.33. The van der Waals surface area contributed by atoms with Crippen LogP contribution in [0, 0.1) is 17.3 Å². The SMILES string of the molecule is CC(C)C(CCN)CCC(=O)NCC1(C)COC1. The predicted molar refractivity (Wildman–Crippen MR) is 73.2 cm³/mol. The molecule has 1 saturated heterocycles. The Labute approximate surface area is 111 Å². The van der Waals surface area contributed by atoms with Gasteiger partial charge in [-0.15, -0.1) is 0 Å². The van der Waals surface area contributed by atoms with Gasteiger partial charge in [-0.05, 0) is 31.2 Å². The molecule has 0 radical (unpaired) electrons. The monoisotopic (exact) mass is 256 g/mol. The fourth-order valence-electron chi connectivity index (χ4n) is 2.29. The van der Waals surface area contributed by atoms with E-state index in [0.29, 0.717) is 24.8 Å². The zero-order chi connectivity index (χ0) is 13.6. The third-order valence-corrected chi connectivity index (χ3v) is 3.84. The number of nitrogens with two attached hydrogens (primary N) is 1. The van der Waals surface area contributed by atoms with Gasteiger partial charge in [0.25, 0.3) is 0 Å². The lowest BCUT2D eigenvalue weighted by atomic mass is 9.87. The van der Waals surface area contributed by atoms with Gasteiger partial charge in [0.1, 0.15) is 0 Å². The van der Waals surface area contributed by atoms with E-state index in [9.17, 15) is 4.79 Å². The molecule has 0 bridgehead atoms. The highest BCUT2D eigenvalue weighted by Crippen LogP contribution is 2.25. The predicted octanol–water partition coefficient (Wildman–Crippen LogP) is 1.54. The number of hydrogen-bond donors (Lipinski definition) is 2. The van der Waals surface area contributed by atoms with Crippen LogP contribution in [0.1, 0.15) is 40.0 Å². The highest BCUT2D eigenvalue weighted by atomic mass is 16.5. The topological polar surface area (TPSA) is 64.4 Å². The molecule has 0 saturated carbocycles. The van der Waals surface area contributed by atoms with Crippen molar-refractivity contribution in [3.05, 3.63) is 0 Å². The van der Waals surface area contributed by atoms with Crippen molar-refractivity contribution in [1.29, 1.82) is 0 Å². The van der Waals surface area contributed by atoms with Gasteiger partial charge in [0.15, 0.2) is 0 Å². The lowest BCUT2D eigenvalue weighted by molar-refractivity contribution is -0.127. The van der Waals surface area contributed by atoms with E-state index in [0.717, 1.165) is 32.6 Å². The summed E-state index contributed by atoms with van der Waals surface area (Å²) in [6, 6.07) is 0. The zero-order valence-electron chi connectivity index (χ0n) is 12.0. The molecule has 1 aliphatic rings. The van der Waals surface area contributed by atoms with Crippen LogP contribution in [-0.4, -0.2) is 32.2 Å². The fourth-order valence-corrected chi connectivity index (χ4v) is 2.29. The maximum Gasteiger partial charge on any atom is 0.220 e. The normalized spacial score (nSPS) is 19.4. The van der Waals surface area contributed by atoms with Gasteiger partial charge in [-0.2, -0.15) is 0 Å². The molecule has 0 aromatic heterocycles. The number of hydrogen-bond acceptors (Lipinski definition) is 3. The van der Waals surface area contributed by atoms with Gasteiger partial charge in [-0.3, -0.25) is 4.79 Å². The van der Waals surface area contributed by atoms with Gasteiger partial charge in [0.2, 0.25) is 5.91 Å². The van der Waals surface area contributed by atoms with E-state index in [-0.39, 0.29) is 11.3 Å². The third kappa shape index (κ3) is 4.94. The molecule has 0 aliphatic carbocycles. The average Bonchev–Trinajstić information content (AvgIpc) is 2.29. The number of nitrogens with one attached hydrogen (secondary N) is 1. The standard InChI is InChI=1S/C14H28N2O2/c1-11(2)12(6-7-15)4-5-13(17)16-8-14(3)9-18-10-14/h11-12H,4-10,15H2,1-3H3,(H,16,17). The van der Waals surface area contributed by atoms with Crippen LogP contribution in [0.25, 0.3) is 0 Å². The first-order valence-corrected chi connectivity index (χ1v) is 7.01. The Hall–Kier alpha value is -0.610. The smallest absolute Gasteiger partial charge is 0.220 e. The van der Waals surface area contributed by atoms with Gasteiger partial charge in [-0.1, -0.05) is 20.8 Å². The molecular weight excluding hydrogens is 228 g/mol. The molecule has 1 atom stereocenters. The van der Waals surface area contributed by atoms with Gasteiger partial charge in [0, 0.05) is 18.4 Å². The van der Waals surface area contributed by atoms with Crippen molar-refractivity contribution in [2.24, 2.45) is 23.0 Å². The van der Waals surface area contributed by atoms with Crippen LogP contribution < -0.4 is 11.1 Å². The Bertz CT molecular complexity index is 263. The van der Waals surface area contributed by atoms with Crippen LogP contribution >= 0.6 is 0 Å². The molecule has 1 heterocycles. The number of carbonyl (C=O) groups is 1. The summed E-state index contributed by atoms with van der Waals surface area (Å²) < 4.78 is 5.17. The molecule has 106 valence electrons. The van der Waals surface area contributed by atoms with Crippen molar-refractivity contribution >= 4 is 5.91 Å². The molecule has 1 unspecified atom stereocenters. The summed E-state index contributed by atoms with van der Waals surface area (Å²) >= 11 is 0. The first-order valence-electron chi connectivity index (χ1n) is 7.01. The second-order valence-electron chi connectivity index (χ2n) is 6.20. The molecule has 3 N–H and O–H groups in total. The lowest BCUT2D eigenvalue weighted by Crippen LogP contribution is -2.48. The van der Waals surface area contributed by atoms with E-state index < -0.39 is 0 Å². The molecule has 1 fully saturated rings. The van der Waals surface area contributed by atoms with E-state index in [1.54, 1.807) is 0 Å². The number of rotatable bonds is 8. The largest absolute Gasteiger partial charge is 0.380 e. The number of carbonyl (C=O) groups excluding carboxylic acids is 1. The lowest BCUT2D eigenvalue weighted by Gasteiger charge is -2.38. The highest BCUT2D eigenvalue weighted by molar-refractivity contribution is 5.75. The van der Waals surface area contributed by atoms with Crippen LogP contribution in [0.2, 0.25) is 0 Å². The van der Waals surface area contributed by atoms with Crippen molar-refractivity contribution < 1.29 is 9.53 Å². The number of amides is 1. The average molecular weight is 256 g/mol. The van der Waals surface area contributed by atoms with Gasteiger partial charge < -0.3 is 15.8 Å². The Morgan fingerprint density at radius 3 is 2.50 bits per heavy atom. The van der Waals surface area contributed by atoms with Crippen molar-refractivity contribution in [3.8, 4) is 0 Å². The number of ether oxygens (including phenoxy) is 1. The van der Waals surface area contributed by atoms with Gasteiger partial charge in [-0.25, -0.2) is 0 Å². The molecule has 18 heavy (non-hydrogen) atoms. The van der Waals surface area contributed by atoms with E-state index in [1.807, 2.05) is 0 Å². The Morgan fingerprint density at radius 2 is 2.06 bits per heavy atom. The van der Waals surface area contributed by atoms with Crippen LogP contribution in [0.3, 0.4) is 0 Å². The summed E-state index contributed by atoms with van der Waals surface area (Å²) in [5, 5.41) is 3.01. The fraction of sp³-hybridized carbons (Fsp3) is 0.929. The second-order valence-corrected chi connectivity index (χ2v) is 6.20. The van der Waals surface area contributed by atoms with Crippen molar-refractivity contribution in [2.45, 2.75) is 40.0 Å². The molecule has 1 rings (SSSR count). The first-order chi connectivity index (χ1) is 8.47. The van der Waals surface area contributed by atoms with Crippen molar-refractivity contribution in [3.63, 3.8) is 0 Å². The van der Waals surface area contributed by atoms with E-state index >= 15 is 0 Å². The molecular formula is C14H28N2O2. The van der Waals surface area contributed by atoms with Crippen LogP contribution in [0.5, 0.6) is 0 Å². The molecule has 1 aliphatic heterocycles. The maximum absolute atomic E-state index is 11.8. The summed E-state index contributed by atoms with van der Waals surface area (Å²) in [5.41, 5.74) is 5.76. The Balaban J connectivity index is 2.18. The minimum absolute atomic E-state index is 0.157. The van der Waals surface area contributed by atoms with E-state index in [2.05, 4.69) is 26.1 Å². The second kappa shape index (κ2) is 7.10. The molecule has 0 spiro atoms. The molecule has 1 amide bonds. The Kier molecular flexibility index (Phi) is 6.09. The van der Waals surface area contributed by atoms with Crippen molar-refractivity contribution in [2.75, 3.05) is 26.3 Å². The summed E-state index contributed by atoms with van der Waals surface area (Å²) in [6.45, 7) is 9.50. The summed E-state index contributed by atoms with van der Waals surface area (Å²) in [4.78, 5) is 11.8. The first kappa shape index (κ1) is 15.4. The molecule has 4 heteroatoms. The summed E-state index contributed by atoms with van der Waals surface area (Å²) in [6.07, 6.45) is 2.56. The minimum Gasteiger partial charge on any atom is -0.380 e. The third-order valence-electron chi connectivity index (χ3n) is 3.84. The summed E-state index contributed by atoms with van der Waals surface area (Å²) in [5.74, 6) is 1.31. The van der Waals surface area contributed by atoms with Crippen molar-refractivity contribution in [1.82, 2.24) is 5.32 Å². The van der Waals surface area contributed by atoms with Crippen LogP contribution in [0.15, 0.2) is 0 Å². The quantitative estimate of drug-likeness (QED) is 0.692. The maximum atomic E-state index is 11.8. The van der Waals surface area contributed by atoms with E-state index in [1.165, 1.54) is 0 Å². The molecule has 0 aromatic carbocycles. The Morgan fingerprint density at radius 1 is 1.39 bits per heavy atom. The summed E-state index contributed by atoms with van der Waals surface area (Å²) in [7, 11) is 0. The van der Waals surface area contributed by atoms with Gasteiger partial charge >= 0.3 is 0 Å². The van der Waals surface area contributed by atoms with Crippen LogP contribution in [-0.2, 0) is 9.53 Å². The van der Waals surface area contributed by atoms with Gasteiger partial charge in [0.05, 0.1) is 13.2 Å². The minimum atomic E-state index is 0.157. The van der Waals surface area contributed by atoms with E-state index in [4.69, 9.17) is 10.5 Å². The van der Waals surface area contributed by atoms with Crippen LogP contribution in [0.4, 0.5) is 0 Å². The molecule has 4 nitrogen and oxygen atoms in total. The zero-order valence-corrected chi connectivity index (χ0v) is 12.0. The molecule has 0 aromatic rings.